The largest absolute Gasteiger partial charge is 0.480 e. The van der Waals surface area contributed by atoms with Crippen LogP contribution in [0, 0.1) is 23.7 Å². The van der Waals surface area contributed by atoms with Crippen LogP contribution in [0.3, 0.4) is 0 Å². The Morgan fingerprint density at radius 2 is 0.670 bits per heavy atom. The number of unbranched alkanes of at least 4 members (excludes halogenated alkanes) is 2. The summed E-state index contributed by atoms with van der Waals surface area (Å²) in [7, 11) is 1.43. The molecule has 0 bridgehead atoms. The molecule has 0 fully saturated rings. The van der Waals surface area contributed by atoms with Gasteiger partial charge in [-0.3, -0.25) is 67.1 Å². The van der Waals surface area contributed by atoms with Gasteiger partial charge in [0.2, 0.25) is 70.9 Å². The Hall–Kier alpha value is -8.46. The Morgan fingerprint density at radius 3 is 0.940 bits per heavy atom. The van der Waals surface area contributed by atoms with Gasteiger partial charge in [-0.1, -0.05) is 103 Å². The van der Waals surface area contributed by atoms with Crippen LogP contribution in [0.1, 0.15) is 146 Å². The Morgan fingerprint density at radius 1 is 0.390 bits per heavy atom. The molecule has 14 amide bonds. The van der Waals surface area contributed by atoms with Crippen LogP contribution in [0.5, 0.6) is 0 Å². The number of carbonyl (C=O) groups is 16. The fourth-order valence-electron chi connectivity index (χ4n) is 9.02. The van der Waals surface area contributed by atoms with E-state index in [1.807, 2.05) is 27.7 Å². The van der Waals surface area contributed by atoms with Gasteiger partial charge >= 0.3 is 11.9 Å². The molecule has 0 radical (unpaired) electrons. The van der Waals surface area contributed by atoms with E-state index in [1.54, 1.807) is 27.7 Å². The van der Waals surface area contributed by atoms with Crippen molar-refractivity contribution in [3.8, 4) is 0 Å². The zero-order chi connectivity index (χ0) is 76.8. The molecule has 0 aliphatic rings. The maximum Gasteiger partial charge on any atom is 0.326 e. The van der Waals surface area contributed by atoms with Crippen molar-refractivity contribution in [2.24, 2.45) is 58.1 Å². The van der Waals surface area contributed by atoms with Gasteiger partial charge in [0, 0.05) is 11.5 Å². The van der Waals surface area contributed by atoms with Gasteiger partial charge in [0.15, 0.2) is 0 Å². The van der Waals surface area contributed by atoms with Crippen molar-refractivity contribution in [2.45, 2.75) is 219 Å². The molecule has 0 heterocycles. The van der Waals surface area contributed by atoms with Crippen molar-refractivity contribution in [3.05, 3.63) is 24.6 Å². The fraction of sp³-hybridized carbons (Fsp3) is 0.677. The summed E-state index contributed by atoms with van der Waals surface area (Å²) in [5.74, 6) is -19.8. The summed E-state index contributed by atoms with van der Waals surface area (Å²) in [6, 6.07) is -18.3. The van der Waals surface area contributed by atoms with Crippen LogP contribution in [0.25, 0.3) is 0 Å². The van der Waals surface area contributed by atoms with Crippen molar-refractivity contribution in [2.75, 3.05) is 24.6 Å². The molecule has 0 aliphatic carbocycles. The molecule has 26 N–H and O–H groups in total. The lowest BCUT2D eigenvalue weighted by atomic mass is 9.98. The van der Waals surface area contributed by atoms with E-state index in [-0.39, 0.29) is 63.5 Å². The molecule has 566 valence electrons. The third kappa shape index (κ3) is 35.5. The van der Waals surface area contributed by atoms with Gasteiger partial charge in [-0.15, -0.1) is 0 Å². The van der Waals surface area contributed by atoms with Crippen LogP contribution in [-0.4, -0.2) is 202 Å². The number of nitrogens with one attached hydrogen (secondary N) is 12. The van der Waals surface area contributed by atoms with Gasteiger partial charge in [-0.2, -0.15) is 0 Å². The van der Waals surface area contributed by atoms with E-state index in [4.69, 9.17) is 34.4 Å². The first-order chi connectivity index (χ1) is 46.7. The standard InChI is InChI=1S/C62H108N18O18S2/c1-13-31(7)47(61(95)96)79-55(89)39(19-15-17-21-63)73-59(93)43(77-57(91)41(25-45(67)81)75-51(85)35(11)69-49(83)33(9)71-53(87)37(65)23-29(3)4)27-99-100-28-44(60(94)74-40(20-16-18-22-64)56(90)80-48(62(97)98)32(8)14-2)78-58(92)42(26-46(68)82)76-52(86)36(12)70-50(84)34(10)72-54(88)38(66)24-30(5)6/h29-32,35-44,47-48H,9-10,13-28,63-66H2,1-8,11-12H3,(H2,67,81)(H2,68,82)(H,69,83)(H,70,84)(H,71,87)(H,72,88)(H,73,93)(H,74,94)(H,75,85)(H,76,86)(H,77,91)(H,78,92)(H,79,89)(H,80,90)(H,95,96)(H,97,98)/t31-,32-,35-,36-,37-,38-,39-,40-,41-,42-,43-,44-,47-,48-/m0/s1. The monoisotopic (exact) mass is 1460 g/mol. The molecular formula is C62H108N18O18S2. The normalized spacial score (nSPS) is 15.3. The minimum atomic E-state index is -1.90. The third-order valence-corrected chi connectivity index (χ3v) is 17.7. The molecule has 0 aromatic carbocycles. The molecule has 100 heavy (non-hydrogen) atoms. The molecule has 0 rings (SSSR count). The second kappa shape index (κ2) is 47.6. The molecule has 0 unspecified atom stereocenters. The number of carboxylic acids is 2. The van der Waals surface area contributed by atoms with E-state index in [1.165, 1.54) is 13.8 Å². The molecule has 36 nitrogen and oxygen atoms in total. The topological polar surface area (TPSA) is 614 Å². The van der Waals surface area contributed by atoms with Crippen LogP contribution in [0.15, 0.2) is 24.6 Å². The summed E-state index contributed by atoms with van der Waals surface area (Å²) in [5, 5.41) is 48.5. The molecule has 0 spiro atoms. The predicted molar refractivity (Wildman–Crippen MR) is 373 cm³/mol. The SMILES string of the molecule is C=C(NC(=O)[C@@H](N)CC(C)C)C(=O)N[C@@H](C)C(=O)N[C@@H](CC(N)=O)C(=O)N[C@@H](CSSC[C@H](NC(=O)[C@H](CC(N)=O)NC(=O)[C@H](C)NC(=O)C(=C)NC(=O)[C@@H](N)CC(C)C)C(=O)N[C@@H](CCCCN)C(=O)N[C@H](C(=O)O)[C@@H](C)CC)C(=O)N[C@@H](CCCCN)C(=O)N[C@H](C(=O)O)[C@@H](C)CC. The minimum Gasteiger partial charge on any atom is -0.480 e. The zero-order valence-electron chi connectivity index (χ0n) is 58.7. The maximum absolute atomic E-state index is 14.6. The van der Waals surface area contributed by atoms with E-state index >= 15 is 0 Å². The molecule has 14 atom stereocenters. The summed E-state index contributed by atoms with van der Waals surface area (Å²) < 4.78 is 0. The number of carbonyl (C=O) groups excluding carboxylic acids is 14. The number of aliphatic carboxylic acids is 2. The Labute approximate surface area is 590 Å². The quantitative estimate of drug-likeness (QED) is 0.0155. The average Bonchev–Trinajstić information content (AvgIpc) is 0.871. The molecular weight excluding hydrogens is 1350 g/mol. The second-order valence-corrected chi connectivity index (χ2v) is 27.6. The minimum absolute atomic E-state index is 0.0134. The first-order valence-corrected chi connectivity index (χ1v) is 35.4. The Bertz CT molecular complexity index is 2690. The highest BCUT2D eigenvalue weighted by atomic mass is 33.1. The van der Waals surface area contributed by atoms with E-state index in [2.05, 4.69) is 77.0 Å². The van der Waals surface area contributed by atoms with Gasteiger partial charge < -0.3 is 108 Å². The summed E-state index contributed by atoms with van der Waals surface area (Å²) in [6.07, 6.45) is 0.102. The first kappa shape index (κ1) is 91.5. The zero-order valence-corrected chi connectivity index (χ0v) is 60.3. The van der Waals surface area contributed by atoms with Gasteiger partial charge in [0.25, 0.3) is 11.8 Å². The first-order valence-electron chi connectivity index (χ1n) is 32.9. The van der Waals surface area contributed by atoms with Crippen LogP contribution >= 0.6 is 21.6 Å². The van der Waals surface area contributed by atoms with Crippen molar-refractivity contribution in [3.63, 3.8) is 0 Å². The lowest BCUT2D eigenvalue weighted by molar-refractivity contribution is -0.144. The van der Waals surface area contributed by atoms with Crippen molar-refractivity contribution >= 4 is 116 Å². The summed E-state index contributed by atoms with van der Waals surface area (Å²) >= 11 is 0. The number of hydrogen-bond acceptors (Lipinski definition) is 22. The van der Waals surface area contributed by atoms with Gasteiger partial charge in [0.05, 0.1) is 36.3 Å². The summed E-state index contributed by atoms with van der Waals surface area (Å²) in [6.45, 7) is 23.5. The number of carboxylic acid groups (broad SMARTS) is 2. The van der Waals surface area contributed by atoms with Crippen LogP contribution in [0.2, 0.25) is 0 Å². The number of rotatable bonds is 51. The Balaban J connectivity index is 7.78. The summed E-state index contributed by atoms with van der Waals surface area (Å²) in [5.41, 5.74) is 33.4. The fourth-order valence-corrected chi connectivity index (χ4v) is 11.4. The molecule has 0 aromatic heterocycles. The lowest BCUT2D eigenvalue weighted by Crippen LogP contribution is -2.60. The molecule has 0 saturated heterocycles. The number of amides is 14. The van der Waals surface area contributed by atoms with E-state index in [9.17, 15) is 86.9 Å². The van der Waals surface area contributed by atoms with Crippen molar-refractivity contribution in [1.82, 2.24) is 63.8 Å². The highest BCUT2D eigenvalue weighted by molar-refractivity contribution is 8.76. The van der Waals surface area contributed by atoms with Crippen molar-refractivity contribution < 1.29 is 86.9 Å². The van der Waals surface area contributed by atoms with E-state index in [0.717, 1.165) is 0 Å². The highest BCUT2D eigenvalue weighted by Crippen LogP contribution is 2.24. The smallest absolute Gasteiger partial charge is 0.326 e. The maximum atomic E-state index is 14.6. The average molecular weight is 1460 g/mol. The number of hydrogen-bond donors (Lipinski definition) is 20. The van der Waals surface area contributed by atoms with Gasteiger partial charge in [0.1, 0.15) is 60.4 Å². The number of nitrogens with two attached hydrogens (primary N) is 6. The molecule has 0 aliphatic heterocycles. The third-order valence-electron chi connectivity index (χ3n) is 15.3. The molecule has 38 heteroatoms. The molecule has 0 saturated carbocycles. The highest BCUT2D eigenvalue weighted by Gasteiger charge is 2.37. The van der Waals surface area contributed by atoms with Crippen LogP contribution in [-0.2, 0) is 76.7 Å². The molecule has 0 aromatic rings. The second-order valence-electron chi connectivity index (χ2n) is 25.1. The van der Waals surface area contributed by atoms with Gasteiger partial charge in [-0.25, -0.2) is 9.59 Å². The van der Waals surface area contributed by atoms with Crippen LogP contribution < -0.4 is 98.2 Å². The number of primary amides is 2. The van der Waals surface area contributed by atoms with E-state index in [0.29, 0.717) is 47.3 Å². The Kier molecular flexibility index (Phi) is 43.5. The lowest BCUT2D eigenvalue weighted by Gasteiger charge is -2.28. The predicted octanol–water partition coefficient (Wildman–Crippen LogP) is -4.47. The van der Waals surface area contributed by atoms with Crippen molar-refractivity contribution in [1.29, 1.82) is 0 Å². The summed E-state index contributed by atoms with van der Waals surface area (Å²) in [4.78, 5) is 214. The van der Waals surface area contributed by atoms with Crippen LogP contribution in [0.4, 0.5) is 0 Å². The van der Waals surface area contributed by atoms with E-state index < -0.39 is 215 Å². The van der Waals surface area contributed by atoms with Gasteiger partial charge in [-0.05, 0) is 102 Å².